The summed E-state index contributed by atoms with van der Waals surface area (Å²) < 4.78 is 2.35. The minimum Gasteiger partial charge on any atom is -0.385 e. The summed E-state index contributed by atoms with van der Waals surface area (Å²) in [5.74, 6) is 0.118. The highest BCUT2D eigenvalue weighted by molar-refractivity contribution is 6.13. The maximum Gasteiger partial charge on any atom is 0.251 e. The number of nitrogens with one attached hydrogen (secondary N) is 4. The number of nitrogens with two attached hydrogens (primary N) is 1. The minimum absolute atomic E-state index is 0.0692. The molecule has 0 fully saturated rings. The summed E-state index contributed by atoms with van der Waals surface area (Å²) in [6.07, 6.45) is 12.3. The zero-order valence-electron chi connectivity index (χ0n) is 50.3. The third kappa shape index (κ3) is 13.1. The molecule has 1 unspecified atom stereocenters. The van der Waals surface area contributed by atoms with Crippen LogP contribution in [0.25, 0.3) is 38.9 Å². The average Bonchev–Trinajstić information content (AvgIpc) is 2.50. The zero-order valence-corrected chi connectivity index (χ0v) is 50.3. The number of amides is 2. The lowest BCUT2D eigenvalue weighted by Gasteiger charge is -2.28. The van der Waals surface area contributed by atoms with Crippen molar-refractivity contribution in [3.8, 4) is 16.8 Å². The van der Waals surface area contributed by atoms with Gasteiger partial charge in [-0.05, 0) is 147 Å². The largest absolute Gasteiger partial charge is 0.385 e. The molecule has 8 aromatic rings. The van der Waals surface area contributed by atoms with E-state index in [9.17, 15) is 9.59 Å². The molecule has 0 radical (unpaired) electrons. The Morgan fingerprint density at radius 2 is 1.21 bits per heavy atom. The van der Waals surface area contributed by atoms with Gasteiger partial charge < -0.3 is 31.1 Å². The molecule has 0 saturated heterocycles. The summed E-state index contributed by atoms with van der Waals surface area (Å²) in [4.78, 5) is 40.8. The van der Waals surface area contributed by atoms with Crippen molar-refractivity contribution in [2.45, 2.75) is 85.0 Å². The Morgan fingerprint density at radius 3 is 1.85 bits per heavy atom. The van der Waals surface area contributed by atoms with Gasteiger partial charge in [-0.15, -0.1) is 4.57 Å². The van der Waals surface area contributed by atoms with Gasteiger partial charge in [-0.3, -0.25) is 14.9 Å². The summed E-state index contributed by atoms with van der Waals surface area (Å²) in [6.45, 7) is 16.1. The molecule has 12 heteroatoms. The number of allylic oxidation sites excluding steroid dienone is 4. The van der Waals surface area contributed by atoms with Crippen molar-refractivity contribution in [3.05, 3.63) is 208 Å². The van der Waals surface area contributed by atoms with Crippen LogP contribution in [0.4, 0.5) is 34.1 Å². The first-order valence-electron chi connectivity index (χ1n) is 30.0. The maximum absolute atomic E-state index is 13.1. The SMILES string of the molecule is C=C1C=C(NCCCCCCNC(=O)c2ccc(-c3ccc(C(=O)NCCCCCCNc4cc5c(cc4C)nc4ccc(N(C)C)c(C)c4[n+]5-c4ccccc4)cc3)cc2)C(C)=CC1=Nc1ccc(N(C)C)c2c1[NH2+]c1ccccc1C2C. The number of aromatic nitrogens is 2. The summed E-state index contributed by atoms with van der Waals surface area (Å²) in [5, 5.41) is 15.9. The zero-order chi connectivity index (χ0) is 58.9. The molecule has 84 heavy (non-hydrogen) atoms. The Hall–Kier alpha value is -8.87. The number of nitrogens with zero attached hydrogens (tertiary/aromatic N) is 5. The Bertz CT molecular complexity index is 3820. The number of carbonyl (C=O) groups excluding carboxylic acids is 2. The van der Waals surface area contributed by atoms with E-state index in [4.69, 9.17) is 9.98 Å². The predicted octanol–water partition coefficient (Wildman–Crippen LogP) is 13.5. The van der Waals surface area contributed by atoms with Crippen LogP contribution in [0.3, 0.4) is 0 Å². The van der Waals surface area contributed by atoms with Crippen LogP contribution in [0, 0.1) is 13.8 Å². The van der Waals surface area contributed by atoms with Crippen molar-refractivity contribution < 1.29 is 19.5 Å². The highest BCUT2D eigenvalue weighted by atomic mass is 16.2. The number of para-hydroxylation sites is 2. The number of hydrogen-bond donors (Lipinski definition) is 5. The van der Waals surface area contributed by atoms with Crippen LogP contribution in [0.1, 0.15) is 114 Å². The lowest BCUT2D eigenvalue weighted by Crippen LogP contribution is -2.73. The number of aryl methyl sites for hydroxylation is 2. The first kappa shape index (κ1) is 58.3. The predicted molar refractivity (Wildman–Crippen MR) is 349 cm³/mol. The molecule has 430 valence electrons. The Balaban J connectivity index is 0.609. The van der Waals surface area contributed by atoms with Crippen molar-refractivity contribution in [2.24, 2.45) is 4.99 Å². The number of rotatable bonds is 23. The number of hydrogen-bond acceptors (Lipinski definition) is 8. The molecule has 0 bridgehead atoms. The van der Waals surface area contributed by atoms with Gasteiger partial charge in [0, 0.05) is 129 Å². The van der Waals surface area contributed by atoms with E-state index in [1.165, 1.54) is 45.0 Å². The molecule has 2 aliphatic rings. The third-order valence-electron chi connectivity index (χ3n) is 16.5. The average molecular weight is 1120 g/mol. The summed E-state index contributed by atoms with van der Waals surface area (Å²) in [7, 11) is 8.38. The molecule has 12 nitrogen and oxygen atoms in total. The summed E-state index contributed by atoms with van der Waals surface area (Å²) >= 11 is 0. The van der Waals surface area contributed by atoms with Gasteiger partial charge in [0.25, 0.3) is 11.8 Å². The second kappa shape index (κ2) is 26.6. The Labute approximate surface area is 496 Å². The van der Waals surface area contributed by atoms with Crippen molar-refractivity contribution in [2.75, 3.05) is 69.5 Å². The first-order chi connectivity index (χ1) is 40.7. The van der Waals surface area contributed by atoms with E-state index < -0.39 is 0 Å². The molecule has 7 aromatic carbocycles. The van der Waals surface area contributed by atoms with E-state index in [2.05, 4.69) is 207 Å². The van der Waals surface area contributed by atoms with Crippen molar-refractivity contribution in [3.63, 3.8) is 0 Å². The number of fused-ring (bicyclic) bond motifs is 4. The van der Waals surface area contributed by atoms with Gasteiger partial charge in [0.1, 0.15) is 22.4 Å². The number of aliphatic imine (C=N–C) groups is 1. The van der Waals surface area contributed by atoms with Crippen LogP contribution < -0.4 is 41.0 Å². The van der Waals surface area contributed by atoms with Crippen LogP contribution >= 0.6 is 0 Å². The molecule has 2 heterocycles. The fourth-order valence-corrected chi connectivity index (χ4v) is 11.9. The lowest BCUT2D eigenvalue weighted by atomic mass is 9.85. The fourth-order valence-electron chi connectivity index (χ4n) is 11.9. The molecule has 1 atom stereocenters. The van der Waals surface area contributed by atoms with Gasteiger partial charge in [-0.25, -0.2) is 9.98 Å². The van der Waals surface area contributed by atoms with Crippen molar-refractivity contribution in [1.29, 1.82) is 0 Å². The number of quaternary nitrogens is 1. The molecular weight excluding hydrogens is 1040 g/mol. The highest BCUT2D eigenvalue weighted by Gasteiger charge is 2.32. The smallest absolute Gasteiger partial charge is 0.251 e. The molecule has 1 aliphatic heterocycles. The van der Waals surface area contributed by atoms with E-state index in [-0.39, 0.29) is 17.7 Å². The molecule has 1 aliphatic carbocycles. The van der Waals surface area contributed by atoms with E-state index >= 15 is 0 Å². The monoisotopic (exact) mass is 1120 g/mol. The minimum atomic E-state index is -0.0701. The van der Waals surface area contributed by atoms with Gasteiger partial charge in [-0.2, -0.15) is 0 Å². The van der Waals surface area contributed by atoms with Gasteiger partial charge in [0.05, 0.1) is 5.71 Å². The molecule has 1 aromatic heterocycles. The van der Waals surface area contributed by atoms with E-state index in [0.717, 1.165) is 137 Å². The number of benzene rings is 7. The lowest BCUT2D eigenvalue weighted by molar-refractivity contribution is -0.538. The van der Waals surface area contributed by atoms with Gasteiger partial charge in [0.2, 0.25) is 16.7 Å². The third-order valence-corrected chi connectivity index (χ3v) is 16.5. The molecular formula is C72H82N10O2+2. The molecule has 10 rings (SSSR count). The standard InChI is InChI=1S/C72H80N10O2/c1-47-44-63(77-59-35-38-66(81(8)9)68-50(4)57-25-17-18-26-58(57)79-69(59)68)49(3)43-61(47)73-39-19-10-12-21-41-75-71(83)54-31-27-52(28-32-54)53-29-33-55(34-30-53)72(84)76-42-22-13-11-20-40-74-62-46-67-64(45-48(62)2)78-60-36-37-65(80(6)7)51(5)70(60)82(67)56-23-15-14-16-24-56/h14-18,23-38,43-46,50,73,79H,3,10-13,19-22,39-42H2,1-2,4-9H3,(H2,75,76,83,84)/p+2. The topological polar surface area (TPSA) is 134 Å². The molecule has 2 amide bonds. The van der Waals surface area contributed by atoms with Crippen LogP contribution in [0.5, 0.6) is 0 Å². The van der Waals surface area contributed by atoms with Gasteiger partial charge in [-0.1, -0.05) is 99.8 Å². The van der Waals surface area contributed by atoms with Crippen LogP contribution in [0.15, 0.2) is 180 Å². The fraction of sp³-hybridized carbons (Fsp3) is 0.292. The highest BCUT2D eigenvalue weighted by Crippen LogP contribution is 2.45. The first-order valence-corrected chi connectivity index (χ1v) is 30.0. The molecule has 0 spiro atoms. The summed E-state index contributed by atoms with van der Waals surface area (Å²) in [6, 6.07) is 47.6. The Morgan fingerprint density at radius 1 is 0.631 bits per heavy atom. The number of carbonyl (C=O) groups is 2. The van der Waals surface area contributed by atoms with E-state index in [0.29, 0.717) is 24.2 Å². The summed E-state index contributed by atoms with van der Waals surface area (Å²) in [5.41, 5.74) is 24.4. The van der Waals surface area contributed by atoms with E-state index in [1.807, 2.05) is 48.5 Å². The van der Waals surface area contributed by atoms with Crippen molar-refractivity contribution >= 4 is 73.7 Å². The number of unbranched alkanes of at least 4 members (excludes halogenated alkanes) is 6. The Kier molecular flexibility index (Phi) is 18.5. The van der Waals surface area contributed by atoms with Crippen LogP contribution in [-0.4, -0.2) is 76.9 Å². The van der Waals surface area contributed by atoms with Crippen LogP contribution in [-0.2, 0) is 0 Å². The normalized spacial score (nSPS) is 14.2. The van der Waals surface area contributed by atoms with Gasteiger partial charge >= 0.3 is 0 Å². The van der Waals surface area contributed by atoms with Gasteiger partial charge in [0.15, 0.2) is 5.69 Å². The molecule has 6 N–H and O–H groups in total. The number of anilines is 3. The quantitative estimate of drug-likeness (QED) is 0.0186. The van der Waals surface area contributed by atoms with Crippen LogP contribution in [0.2, 0.25) is 0 Å². The van der Waals surface area contributed by atoms with E-state index in [1.54, 1.807) is 0 Å². The second-order valence-corrected chi connectivity index (χ2v) is 23.0. The maximum atomic E-state index is 13.1. The molecule has 0 saturated carbocycles. The van der Waals surface area contributed by atoms with Crippen molar-refractivity contribution in [1.82, 2.24) is 20.9 Å². The second-order valence-electron chi connectivity index (χ2n) is 23.0.